The summed E-state index contributed by atoms with van der Waals surface area (Å²) in [6, 6.07) is 9.83. The molecule has 1 aliphatic carbocycles. The second kappa shape index (κ2) is 4.56. The highest BCUT2D eigenvalue weighted by Crippen LogP contribution is 2.25. The standard InChI is InChI=1S/C17H20N/c1-13-7-3-6-10-16(13)17-11-14-8-4-5-9-15(14)12-18(17)2/h3,6-7,10-12H,4-5,8-9H2,1-2H3/q+1/i8D2,9D2. The van der Waals surface area contributed by atoms with E-state index in [1.807, 2.05) is 48.9 Å². The van der Waals surface area contributed by atoms with Gasteiger partial charge in [-0.25, -0.2) is 4.57 Å². The van der Waals surface area contributed by atoms with Crippen molar-refractivity contribution in [2.45, 2.75) is 32.5 Å². The van der Waals surface area contributed by atoms with E-state index in [0.29, 0.717) is 11.1 Å². The fraction of sp³-hybridized carbons (Fsp3) is 0.353. The minimum Gasteiger partial charge on any atom is -0.201 e. The molecule has 18 heavy (non-hydrogen) atoms. The van der Waals surface area contributed by atoms with E-state index in [1.165, 1.54) is 0 Å². The molecule has 1 aliphatic rings. The molecule has 1 nitrogen and oxygen atoms in total. The van der Waals surface area contributed by atoms with Gasteiger partial charge in [0.25, 0.3) is 0 Å². The zero-order chi connectivity index (χ0) is 16.1. The summed E-state index contributed by atoms with van der Waals surface area (Å²) in [6.45, 7) is 2.03. The number of fused-ring (bicyclic) bond motifs is 1. The third-order valence-corrected chi connectivity index (χ3v) is 3.45. The number of hydrogen-bond acceptors (Lipinski definition) is 0. The average Bonchev–Trinajstić information content (AvgIpc) is 2.45. The summed E-state index contributed by atoms with van der Waals surface area (Å²) in [7, 11) is 1.89. The lowest BCUT2D eigenvalue weighted by atomic mass is 9.91. The Balaban J connectivity index is 2.27. The maximum Gasteiger partial charge on any atom is 0.212 e. The van der Waals surface area contributed by atoms with Gasteiger partial charge in [-0.3, -0.25) is 0 Å². The summed E-state index contributed by atoms with van der Waals surface area (Å²) in [5, 5.41) is 0. The van der Waals surface area contributed by atoms with Gasteiger partial charge in [-0.05, 0) is 49.7 Å². The maximum absolute atomic E-state index is 8.26. The van der Waals surface area contributed by atoms with E-state index >= 15 is 0 Å². The van der Waals surface area contributed by atoms with Crippen molar-refractivity contribution in [3.8, 4) is 11.3 Å². The van der Waals surface area contributed by atoms with Crippen LogP contribution in [0.3, 0.4) is 0 Å². The van der Waals surface area contributed by atoms with Gasteiger partial charge in [0.2, 0.25) is 5.69 Å². The first-order chi connectivity index (χ1) is 10.2. The Kier molecular flexibility index (Phi) is 1.96. The highest BCUT2D eigenvalue weighted by molar-refractivity contribution is 5.61. The Morgan fingerprint density at radius 3 is 2.61 bits per heavy atom. The van der Waals surface area contributed by atoms with E-state index in [2.05, 4.69) is 0 Å². The van der Waals surface area contributed by atoms with Gasteiger partial charge in [0.15, 0.2) is 6.20 Å². The molecule has 2 aromatic rings. The SMILES string of the molecule is [2H]C1([2H])CCC([2H])([2H])c2c[n+](C)c(-c3ccccc3C)cc21. The molecule has 0 spiro atoms. The fourth-order valence-electron chi connectivity index (χ4n) is 2.46. The van der Waals surface area contributed by atoms with E-state index in [1.54, 1.807) is 6.20 Å². The molecule has 0 saturated heterocycles. The highest BCUT2D eigenvalue weighted by atomic mass is 14.9. The number of aromatic nitrogens is 1. The van der Waals surface area contributed by atoms with E-state index in [-0.39, 0.29) is 12.8 Å². The van der Waals surface area contributed by atoms with Crippen molar-refractivity contribution in [3.63, 3.8) is 0 Å². The third kappa shape index (κ3) is 1.94. The molecule has 0 saturated carbocycles. The molecule has 1 heteroatoms. The summed E-state index contributed by atoms with van der Waals surface area (Å²) in [6.07, 6.45) is -0.756. The van der Waals surface area contributed by atoms with Crippen LogP contribution in [0, 0.1) is 6.92 Å². The van der Waals surface area contributed by atoms with Crippen LogP contribution in [0.15, 0.2) is 36.5 Å². The summed E-state index contributed by atoms with van der Waals surface area (Å²) < 4.78 is 34.8. The molecular formula is C17H20N+. The zero-order valence-corrected chi connectivity index (χ0v) is 10.8. The van der Waals surface area contributed by atoms with Crippen LogP contribution < -0.4 is 4.57 Å². The molecule has 1 aromatic heterocycles. The molecule has 1 heterocycles. The van der Waals surface area contributed by atoms with Gasteiger partial charge in [-0.15, -0.1) is 0 Å². The predicted molar refractivity (Wildman–Crippen MR) is 74.4 cm³/mol. The number of aryl methyl sites for hydroxylation is 4. The molecule has 0 aliphatic heterocycles. The summed E-state index contributed by atoms with van der Waals surface area (Å²) in [4.78, 5) is 0. The van der Waals surface area contributed by atoms with Crippen LogP contribution in [0.1, 0.15) is 35.0 Å². The lowest BCUT2D eigenvalue weighted by Crippen LogP contribution is -2.32. The maximum atomic E-state index is 8.26. The number of benzene rings is 1. The van der Waals surface area contributed by atoms with Crippen molar-refractivity contribution in [3.05, 3.63) is 53.2 Å². The molecule has 0 unspecified atom stereocenters. The van der Waals surface area contributed by atoms with Crippen LogP contribution in [0.2, 0.25) is 0 Å². The Morgan fingerprint density at radius 2 is 1.83 bits per heavy atom. The highest BCUT2D eigenvalue weighted by Gasteiger charge is 2.18. The first-order valence-corrected chi connectivity index (χ1v) is 6.33. The van der Waals surface area contributed by atoms with Gasteiger partial charge in [-0.2, -0.15) is 0 Å². The minimum atomic E-state index is -1.48. The molecule has 0 radical (unpaired) electrons. The van der Waals surface area contributed by atoms with E-state index in [0.717, 1.165) is 16.8 Å². The second-order valence-corrected chi connectivity index (χ2v) is 4.77. The molecule has 1 aromatic carbocycles. The lowest BCUT2D eigenvalue weighted by molar-refractivity contribution is -0.660. The molecule has 0 fully saturated rings. The molecule has 92 valence electrons. The predicted octanol–water partition coefficient (Wildman–Crippen LogP) is 3.37. The third-order valence-electron chi connectivity index (χ3n) is 3.45. The lowest BCUT2D eigenvalue weighted by Gasteiger charge is -2.15. The van der Waals surface area contributed by atoms with E-state index < -0.39 is 12.7 Å². The van der Waals surface area contributed by atoms with Crippen molar-refractivity contribution >= 4 is 0 Å². The number of nitrogens with zero attached hydrogens (tertiary/aromatic N) is 1. The molecule has 0 bridgehead atoms. The van der Waals surface area contributed by atoms with Crippen LogP contribution in [0.5, 0.6) is 0 Å². The smallest absolute Gasteiger partial charge is 0.201 e. The Morgan fingerprint density at radius 1 is 1.11 bits per heavy atom. The van der Waals surface area contributed by atoms with Crippen molar-refractivity contribution in [2.75, 3.05) is 0 Å². The Labute approximate surface area is 115 Å². The quantitative estimate of drug-likeness (QED) is 0.675. The average molecular weight is 242 g/mol. The Bertz CT molecular complexity index is 737. The number of rotatable bonds is 1. The summed E-state index contributed by atoms with van der Waals surface area (Å²) in [5.41, 5.74) is 4.05. The summed E-state index contributed by atoms with van der Waals surface area (Å²) in [5.74, 6) is 0. The minimum absolute atomic E-state index is 0.216. The molecule has 0 atom stereocenters. The molecular weight excluding hydrogens is 218 g/mol. The van der Waals surface area contributed by atoms with Crippen LogP contribution in [0.4, 0.5) is 0 Å². The zero-order valence-electron chi connectivity index (χ0n) is 14.8. The van der Waals surface area contributed by atoms with E-state index in [4.69, 9.17) is 5.48 Å². The molecule has 3 rings (SSSR count). The first kappa shape index (κ1) is 7.73. The molecule has 0 amide bonds. The van der Waals surface area contributed by atoms with Gasteiger partial charge >= 0.3 is 0 Å². The van der Waals surface area contributed by atoms with Crippen LogP contribution in [-0.2, 0) is 19.8 Å². The molecule has 0 N–H and O–H groups in total. The van der Waals surface area contributed by atoms with Crippen LogP contribution in [-0.4, -0.2) is 0 Å². The largest absolute Gasteiger partial charge is 0.212 e. The van der Waals surface area contributed by atoms with Gasteiger partial charge in [0.05, 0.1) is 0 Å². The topological polar surface area (TPSA) is 3.88 Å². The monoisotopic (exact) mass is 242 g/mol. The van der Waals surface area contributed by atoms with Crippen LogP contribution >= 0.6 is 0 Å². The first-order valence-electron chi connectivity index (χ1n) is 8.33. The normalized spacial score (nSPS) is 23.2. The van der Waals surface area contributed by atoms with Crippen molar-refractivity contribution < 1.29 is 10.1 Å². The summed E-state index contributed by atoms with van der Waals surface area (Å²) >= 11 is 0. The van der Waals surface area contributed by atoms with Gasteiger partial charge in [-0.1, -0.05) is 18.2 Å². The Hall–Kier alpha value is -1.63. The number of hydrogen-bond donors (Lipinski definition) is 0. The number of pyridine rings is 1. The van der Waals surface area contributed by atoms with Crippen molar-refractivity contribution in [1.82, 2.24) is 0 Å². The van der Waals surface area contributed by atoms with Crippen molar-refractivity contribution in [2.24, 2.45) is 7.05 Å². The van der Waals surface area contributed by atoms with Gasteiger partial charge in [0, 0.05) is 22.7 Å². The van der Waals surface area contributed by atoms with Gasteiger partial charge in [0.1, 0.15) is 7.05 Å². The van der Waals surface area contributed by atoms with Gasteiger partial charge < -0.3 is 0 Å². The second-order valence-electron chi connectivity index (χ2n) is 4.77. The fourth-order valence-corrected chi connectivity index (χ4v) is 2.46. The van der Waals surface area contributed by atoms with Crippen LogP contribution in [0.25, 0.3) is 11.3 Å². The van der Waals surface area contributed by atoms with E-state index in [9.17, 15) is 0 Å². The van der Waals surface area contributed by atoms with Crippen molar-refractivity contribution in [1.29, 1.82) is 0 Å².